The Hall–Kier alpha value is -3.28. The Labute approximate surface area is 170 Å². The average molecular weight is 391 g/mol. The van der Waals surface area contributed by atoms with E-state index in [2.05, 4.69) is 20.9 Å². The maximum atomic E-state index is 12.5. The average Bonchev–Trinajstić information content (AvgIpc) is 3.21. The zero-order chi connectivity index (χ0) is 20.2. The van der Waals surface area contributed by atoms with Gasteiger partial charge in [-0.25, -0.2) is 4.98 Å². The molecule has 29 heavy (non-hydrogen) atoms. The molecule has 6 nitrogen and oxygen atoms in total. The Morgan fingerprint density at radius 1 is 1.17 bits per heavy atom. The summed E-state index contributed by atoms with van der Waals surface area (Å²) in [5.41, 5.74) is 2.69. The van der Waals surface area contributed by atoms with Crippen LogP contribution < -0.4 is 14.8 Å². The molecule has 1 N–H and O–H groups in total. The number of benzene rings is 2. The van der Waals surface area contributed by atoms with Crippen LogP contribution in [0.1, 0.15) is 39.8 Å². The fraction of sp³-hybridized carbons (Fsp3) is 0.304. The highest BCUT2D eigenvalue weighted by molar-refractivity contribution is 5.92. The number of nitrogens with one attached hydrogen (secondary N) is 1. The van der Waals surface area contributed by atoms with Gasteiger partial charge in [-0.2, -0.15) is 0 Å². The molecule has 2 heterocycles. The fourth-order valence-corrected chi connectivity index (χ4v) is 3.83. The molecule has 0 saturated heterocycles. The van der Waals surface area contributed by atoms with Crippen LogP contribution in [0.3, 0.4) is 0 Å². The predicted octanol–water partition coefficient (Wildman–Crippen LogP) is 3.56. The van der Waals surface area contributed by atoms with Crippen molar-refractivity contribution < 1.29 is 14.3 Å². The van der Waals surface area contributed by atoms with Gasteiger partial charge in [0.05, 0.1) is 14.2 Å². The van der Waals surface area contributed by atoms with Crippen molar-refractivity contribution >= 4 is 5.91 Å². The van der Waals surface area contributed by atoms with Gasteiger partial charge in [0, 0.05) is 37.7 Å². The molecule has 1 amide bonds. The number of fused-ring (bicyclic) bond motifs is 1. The minimum Gasteiger partial charge on any atom is -0.497 e. The summed E-state index contributed by atoms with van der Waals surface area (Å²) < 4.78 is 13.0. The van der Waals surface area contributed by atoms with E-state index >= 15 is 0 Å². The zero-order valence-corrected chi connectivity index (χ0v) is 16.7. The van der Waals surface area contributed by atoms with Gasteiger partial charge in [-0.3, -0.25) is 4.79 Å². The van der Waals surface area contributed by atoms with Crippen LogP contribution in [0.5, 0.6) is 11.5 Å². The van der Waals surface area contributed by atoms with Crippen molar-refractivity contribution in [1.82, 2.24) is 14.9 Å². The monoisotopic (exact) mass is 391 g/mol. The van der Waals surface area contributed by atoms with E-state index < -0.39 is 0 Å². The van der Waals surface area contributed by atoms with Gasteiger partial charge in [-0.05, 0) is 23.6 Å². The van der Waals surface area contributed by atoms with E-state index in [0.29, 0.717) is 18.2 Å². The van der Waals surface area contributed by atoms with E-state index in [-0.39, 0.29) is 5.91 Å². The normalized spacial score (nSPS) is 15.4. The summed E-state index contributed by atoms with van der Waals surface area (Å²) in [5, 5.41) is 2.95. The third-order valence-corrected chi connectivity index (χ3v) is 5.40. The Morgan fingerprint density at radius 3 is 2.76 bits per heavy atom. The Balaban J connectivity index is 1.47. The highest BCUT2D eigenvalue weighted by Gasteiger charge is 2.25. The molecule has 3 aromatic rings. The van der Waals surface area contributed by atoms with Gasteiger partial charge in [0.25, 0.3) is 5.91 Å². The van der Waals surface area contributed by atoms with E-state index in [0.717, 1.165) is 47.8 Å². The zero-order valence-electron chi connectivity index (χ0n) is 16.7. The van der Waals surface area contributed by atoms with Crippen LogP contribution in [-0.4, -0.2) is 29.7 Å². The largest absolute Gasteiger partial charge is 0.497 e. The Morgan fingerprint density at radius 2 is 2.00 bits per heavy atom. The molecule has 1 aromatic heterocycles. The molecule has 1 unspecified atom stereocenters. The molecular weight excluding hydrogens is 366 g/mol. The lowest BCUT2D eigenvalue weighted by Crippen LogP contribution is -2.23. The number of carbonyl (C=O) groups is 1. The molecule has 2 aromatic carbocycles. The number of hydrogen-bond acceptors (Lipinski definition) is 4. The molecule has 0 fully saturated rings. The molecular formula is C23H25N3O3. The molecule has 0 spiro atoms. The van der Waals surface area contributed by atoms with Gasteiger partial charge in [0.2, 0.25) is 0 Å². The van der Waals surface area contributed by atoms with Gasteiger partial charge >= 0.3 is 0 Å². The lowest BCUT2D eigenvalue weighted by atomic mass is 9.91. The second-order valence-electron chi connectivity index (χ2n) is 7.21. The van der Waals surface area contributed by atoms with Crippen LogP contribution in [0.2, 0.25) is 0 Å². The maximum Gasteiger partial charge on any atom is 0.271 e. The van der Waals surface area contributed by atoms with Crippen molar-refractivity contribution in [2.75, 3.05) is 14.2 Å². The first-order chi connectivity index (χ1) is 14.2. The van der Waals surface area contributed by atoms with E-state index in [9.17, 15) is 4.79 Å². The number of rotatable bonds is 6. The molecule has 1 aliphatic heterocycles. The minimum atomic E-state index is -0.144. The lowest BCUT2D eigenvalue weighted by Gasteiger charge is -2.25. The number of ether oxygens (including phenoxy) is 2. The van der Waals surface area contributed by atoms with Gasteiger partial charge in [0.1, 0.15) is 23.0 Å². The minimum absolute atomic E-state index is 0.144. The van der Waals surface area contributed by atoms with Crippen LogP contribution >= 0.6 is 0 Å². The summed E-state index contributed by atoms with van der Waals surface area (Å²) in [7, 11) is 3.33. The Kier molecular flexibility index (Phi) is 5.51. The maximum absolute atomic E-state index is 12.5. The second-order valence-corrected chi connectivity index (χ2v) is 7.21. The molecule has 6 heteroatoms. The van der Waals surface area contributed by atoms with Crippen LogP contribution in [0.15, 0.2) is 54.7 Å². The number of hydrogen-bond donors (Lipinski definition) is 1. The number of amides is 1. The van der Waals surface area contributed by atoms with E-state index in [1.807, 2.05) is 48.7 Å². The molecule has 0 aliphatic carbocycles. The number of methoxy groups -OCH3 is 2. The fourth-order valence-electron chi connectivity index (χ4n) is 3.83. The topological polar surface area (TPSA) is 65.4 Å². The van der Waals surface area contributed by atoms with Gasteiger partial charge < -0.3 is 19.4 Å². The molecule has 0 radical (unpaired) electrons. The van der Waals surface area contributed by atoms with Gasteiger partial charge in [-0.1, -0.05) is 36.4 Å². The second kappa shape index (κ2) is 8.39. The molecule has 1 atom stereocenters. The third kappa shape index (κ3) is 4.11. The van der Waals surface area contributed by atoms with E-state index in [1.165, 1.54) is 0 Å². The van der Waals surface area contributed by atoms with Gasteiger partial charge in [0.15, 0.2) is 0 Å². The number of nitrogens with zero attached hydrogens (tertiary/aromatic N) is 2. The van der Waals surface area contributed by atoms with Crippen molar-refractivity contribution in [3.05, 3.63) is 77.4 Å². The smallest absolute Gasteiger partial charge is 0.271 e. The first-order valence-corrected chi connectivity index (χ1v) is 9.78. The molecule has 0 saturated carbocycles. The third-order valence-electron chi connectivity index (χ3n) is 5.40. The van der Waals surface area contributed by atoms with E-state index in [1.54, 1.807) is 14.2 Å². The van der Waals surface area contributed by atoms with Crippen molar-refractivity contribution in [1.29, 1.82) is 0 Å². The highest BCUT2D eigenvalue weighted by Crippen LogP contribution is 2.36. The molecule has 1 aliphatic rings. The summed E-state index contributed by atoms with van der Waals surface area (Å²) in [4.78, 5) is 17.1. The van der Waals surface area contributed by atoms with Gasteiger partial charge in [-0.15, -0.1) is 0 Å². The summed E-state index contributed by atoms with van der Waals surface area (Å²) in [6.07, 6.45) is 3.65. The summed E-state index contributed by atoms with van der Waals surface area (Å²) in [5.74, 6) is 2.73. The number of aryl methyl sites for hydroxylation is 1. The van der Waals surface area contributed by atoms with Crippen molar-refractivity contribution in [3.63, 3.8) is 0 Å². The number of carbonyl (C=O) groups excluding carboxylic acids is 1. The van der Waals surface area contributed by atoms with Crippen LogP contribution in [0.4, 0.5) is 0 Å². The van der Waals surface area contributed by atoms with Crippen LogP contribution in [0.25, 0.3) is 0 Å². The van der Waals surface area contributed by atoms with Crippen molar-refractivity contribution in [2.45, 2.75) is 31.8 Å². The molecule has 0 bridgehead atoms. The van der Waals surface area contributed by atoms with Crippen LogP contribution in [-0.2, 0) is 19.5 Å². The lowest BCUT2D eigenvalue weighted by molar-refractivity contribution is 0.0946. The van der Waals surface area contributed by atoms with E-state index in [4.69, 9.17) is 9.47 Å². The van der Waals surface area contributed by atoms with Crippen LogP contribution in [0, 0.1) is 0 Å². The van der Waals surface area contributed by atoms with Crippen molar-refractivity contribution in [2.24, 2.45) is 0 Å². The standard InChI is InChI=1S/C23H25N3O3/c1-28-18-9-10-19(21(12-18)29-2)17-8-11-22-25-20(15-26(22)14-17)23(27)24-13-16-6-4-3-5-7-16/h3-7,9-10,12,15,17H,8,11,13-14H2,1-2H3,(H,24,27). The quantitative estimate of drug-likeness (QED) is 0.698. The number of aromatic nitrogens is 2. The Bertz CT molecular complexity index is 998. The summed E-state index contributed by atoms with van der Waals surface area (Å²) in [6.45, 7) is 1.27. The first kappa shape index (κ1) is 19.1. The highest BCUT2D eigenvalue weighted by atomic mass is 16.5. The number of imidazole rings is 1. The molecule has 150 valence electrons. The first-order valence-electron chi connectivity index (χ1n) is 9.78. The predicted molar refractivity (Wildman–Crippen MR) is 110 cm³/mol. The summed E-state index contributed by atoms with van der Waals surface area (Å²) >= 11 is 0. The SMILES string of the molecule is COc1ccc(C2CCc3nc(C(=O)NCc4ccccc4)cn3C2)c(OC)c1. The van der Waals surface area contributed by atoms with Crippen molar-refractivity contribution in [3.8, 4) is 11.5 Å². The summed E-state index contributed by atoms with van der Waals surface area (Å²) in [6, 6.07) is 15.8. The molecule has 4 rings (SSSR count).